The summed E-state index contributed by atoms with van der Waals surface area (Å²) < 4.78 is 15.0. The van der Waals surface area contributed by atoms with Crippen LogP contribution >= 0.6 is 0 Å². The van der Waals surface area contributed by atoms with Crippen LogP contribution in [0.15, 0.2) is 24.3 Å². The number of hydrogen-bond acceptors (Lipinski definition) is 4. The first kappa shape index (κ1) is 19.0. The molecule has 0 atom stereocenters. The molecule has 1 fully saturated rings. The molecule has 2 heterocycles. The molecule has 1 aliphatic rings. The number of carbonyl (C=O) groups excluding carboxylic acids is 2. The number of nitrogens with one attached hydrogen (secondary N) is 1. The van der Waals surface area contributed by atoms with Crippen LogP contribution in [0.25, 0.3) is 11.3 Å². The minimum atomic E-state index is -0.404. The Kier molecular flexibility index (Phi) is 5.55. The topological polar surface area (TPSA) is 70.5 Å². The smallest absolute Gasteiger partial charge is 0.272 e. The van der Waals surface area contributed by atoms with Crippen molar-refractivity contribution < 1.29 is 14.0 Å². The third-order valence-corrected chi connectivity index (χ3v) is 4.82. The molecular weight excluding hydrogens is 349 g/mol. The van der Waals surface area contributed by atoms with E-state index in [2.05, 4.69) is 15.3 Å². The molecule has 8 heteroatoms. The Bertz CT molecular complexity index is 856. The van der Waals surface area contributed by atoms with Gasteiger partial charge in [0.15, 0.2) is 5.69 Å². The van der Waals surface area contributed by atoms with Crippen LogP contribution in [0, 0.1) is 12.7 Å². The second-order valence-electron chi connectivity index (χ2n) is 6.87. The van der Waals surface area contributed by atoms with Gasteiger partial charge in [-0.2, -0.15) is 5.10 Å². The second kappa shape index (κ2) is 7.87. The number of aryl methyl sites for hydroxylation is 2. The molecule has 7 nitrogen and oxygen atoms in total. The molecule has 1 saturated heterocycles. The molecule has 144 valence electrons. The van der Waals surface area contributed by atoms with Crippen molar-refractivity contribution in [3.63, 3.8) is 0 Å². The van der Waals surface area contributed by atoms with Gasteiger partial charge in [0, 0.05) is 38.8 Å². The van der Waals surface area contributed by atoms with E-state index in [0.29, 0.717) is 24.3 Å². The molecule has 2 amide bonds. The van der Waals surface area contributed by atoms with Crippen molar-refractivity contribution >= 4 is 11.8 Å². The number of halogens is 1. The molecule has 1 aliphatic heterocycles. The number of likely N-dealkylation sites (N-methyl/N-ethyl adjacent to an activating group) is 1. The molecule has 0 bridgehead atoms. The Morgan fingerprint density at radius 1 is 1.15 bits per heavy atom. The van der Waals surface area contributed by atoms with E-state index in [1.807, 2.05) is 7.05 Å². The lowest BCUT2D eigenvalue weighted by atomic mass is 10.1. The van der Waals surface area contributed by atoms with E-state index in [4.69, 9.17) is 0 Å². The van der Waals surface area contributed by atoms with E-state index in [0.717, 1.165) is 18.7 Å². The average Bonchev–Trinajstić information content (AvgIpc) is 3.04. The molecule has 27 heavy (non-hydrogen) atoms. The van der Waals surface area contributed by atoms with E-state index in [1.54, 1.807) is 41.8 Å². The van der Waals surface area contributed by atoms with Crippen molar-refractivity contribution in [3.8, 4) is 11.3 Å². The lowest BCUT2D eigenvalue weighted by Crippen LogP contribution is -2.50. The molecule has 0 saturated carbocycles. The summed E-state index contributed by atoms with van der Waals surface area (Å²) in [6.45, 7) is 4.64. The number of nitrogens with zero attached hydrogens (tertiary/aromatic N) is 4. The second-order valence-corrected chi connectivity index (χ2v) is 6.87. The van der Waals surface area contributed by atoms with Crippen molar-refractivity contribution in [3.05, 3.63) is 41.3 Å². The standard InChI is InChI=1S/C19H24FN5O2/c1-13-10-14(4-5-15(13)20)17-11-16(22-24(17)3)19(27)21-12-18(26)25-8-6-23(2)7-9-25/h4-5,10-11H,6-9,12H2,1-3H3,(H,21,27). The first-order valence-corrected chi connectivity index (χ1v) is 8.90. The van der Waals surface area contributed by atoms with Crippen molar-refractivity contribution in [1.82, 2.24) is 24.9 Å². The van der Waals surface area contributed by atoms with Gasteiger partial charge in [-0.05, 0) is 43.8 Å². The van der Waals surface area contributed by atoms with Gasteiger partial charge in [-0.15, -0.1) is 0 Å². The molecule has 0 spiro atoms. The number of amides is 2. The highest BCUT2D eigenvalue weighted by molar-refractivity contribution is 5.95. The Balaban J connectivity index is 1.64. The zero-order valence-corrected chi connectivity index (χ0v) is 15.8. The number of piperazine rings is 1. The van der Waals surface area contributed by atoms with Crippen molar-refractivity contribution in [2.75, 3.05) is 39.8 Å². The Morgan fingerprint density at radius 3 is 2.52 bits per heavy atom. The van der Waals surface area contributed by atoms with E-state index < -0.39 is 5.91 Å². The largest absolute Gasteiger partial charge is 0.342 e. The normalized spacial score (nSPS) is 15.0. The maximum Gasteiger partial charge on any atom is 0.272 e. The van der Waals surface area contributed by atoms with Crippen LogP contribution in [0.2, 0.25) is 0 Å². The first-order valence-electron chi connectivity index (χ1n) is 8.90. The monoisotopic (exact) mass is 373 g/mol. The minimum absolute atomic E-state index is 0.0515. The fourth-order valence-corrected chi connectivity index (χ4v) is 3.07. The molecule has 0 radical (unpaired) electrons. The van der Waals surface area contributed by atoms with Gasteiger partial charge in [0.05, 0.1) is 12.2 Å². The summed E-state index contributed by atoms with van der Waals surface area (Å²) in [6, 6.07) is 6.40. The summed E-state index contributed by atoms with van der Waals surface area (Å²) in [4.78, 5) is 28.5. The van der Waals surface area contributed by atoms with Crippen molar-refractivity contribution in [2.45, 2.75) is 6.92 Å². The van der Waals surface area contributed by atoms with E-state index in [1.165, 1.54) is 6.07 Å². The summed E-state index contributed by atoms with van der Waals surface area (Å²) in [6.07, 6.45) is 0. The van der Waals surface area contributed by atoms with Crippen LogP contribution in [0.1, 0.15) is 16.1 Å². The number of benzene rings is 1. The van der Waals surface area contributed by atoms with Crippen LogP contribution < -0.4 is 5.32 Å². The molecule has 1 aromatic heterocycles. The summed E-state index contributed by atoms with van der Waals surface area (Å²) in [5.41, 5.74) is 2.23. The van der Waals surface area contributed by atoms with Gasteiger partial charge < -0.3 is 15.1 Å². The predicted octanol–water partition coefficient (Wildman–Crippen LogP) is 1.04. The number of hydrogen-bond donors (Lipinski definition) is 1. The van der Waals surface area contributed by atoms with Gasteiger partial charge in [-0.3, -0.25) is 14.3 Å². The molecule has 1 N–H and O–H groups in total. The summed E-state index contributed by atoms with van der Waals surface area (Å²) >= 11 is 0. The highest BCUT2D eigenvalue weighted by Crippen LogP contribution is 2.22. The molecular formula is C19H24FN5O2. The van der Waals surface area contributed by atoms with Crippen LogP contribution in [-0.4, -0.2) is 71.2 Å². The SMILES string of the molecule is Cc1cc(-c2cc(C(=O)NCC(=O)N3CCN(C)CC3)nn2C)ccc1F. The van der Waals surface area contributed by atoms with Crippen molar-refractivity contribution in [1.29, 1.82) is 0 Å². The van der Waals surface area contributed by atoms with Crippen LogP contribution in [0.3, 0.4) is 0 Å². The fraction of sp³-hybridized carbons (Fsp3) is 0.421. The molecule has 1 aromatic carbocycles. The number of aromatic nitrogens is 2. The third kappa shape index (κ3) is 4.33. The highest BCUT2D eigenvalue weighted by atomic mass is 19.1. The number of rotatable bonds is 4. The van der Waals surface area contributed by atoms with E-state index in [-0.39, 0.29) is 24.0 Å². The van der Waals surface area contributed by atoms with E-state index in [9.17, 15) is 14.0 Å². The zero-order valence-electron chi connectivity index (χ0n) is 15.8. The molecule has 2 aromatic rings. The molecule has 0 aliphatic carbocycles. The fourth-order valence-electron chi connectivity index (χ4n) is 3.07. The number of carbonyl (C=O) groups is 2. The first-order chi connectivity index (χ1) is 12.8. The van der Waals surface area contributed by atoms with Gasteiger partial charge in [0.25, 0.3) is 5.91 Å². The van der Waals surface area contributed by atoms with Crippen LogP contribution in [-0.2, 0) is 11.8 Å². The van der Waals surface area contributed by atoms with Gasteiger partial charge in [-0.25, -0.2) is 4.39 Å². The van der Waals surface area contributed by atoms with Gasteiger partial charge in [0.1, 0.15) is 5.82 Å². The highest BCUT2D eigenvalue weighted by Gasteiger charge is 2.20. The predicted molar refractivity (Wildman–Crippen MR) is 99.7 cm³/mol. The Labute approximate surface area is 157 Å². The lowest BCUT2D eigenvalue weighted by Gasteiger charge is -2.32. The zero-order chi connectivity index (χ0) is 19.6. The Hall–Kier alpha value is -2.74. The summed E-state index contributed by atoms with van der Waals surface area (Å²) in [7, 11) is 3.74. The van der Waals surface area contributed by atoms with Crippen molar-refractivity contribution in [2.24, 2.45) is 7.05 Å². The van der Waals surface area contributed by atoms with Crippen LogP contribution in [0.5, 0.6) is 0 Å². The lowest BCUT2D eigenvalue weighted by molar-refractivity contribution is -0.131. The summed E-state index contributed by atoms with van der Waals surface area (Å²) in [5, 5.41) is 6.86. The minimum Gasteiger partial charge on any atom is -0.342 e. The van der Waals surface area contributed by atoms with Gasteiger partial charge >= 0.3 is 0 Å². The molecule has 0 unspecified atom stereocenters. The molecule has 3 rings (SSSR count). The average molecular weight is 373 g/mol. The quantitative estimate of drug-likeness (QED) is 0.869. The Morgan fingerprint density at radius 2 is 1.85 bits per heavy atom. The summed E-state index contributed by atoms with van der Waals surface area (Å²) in [5.74, 6) is -0.777. The third-order valence-electron chi connectivity index (χ3n) is 4.82. The van der Waals surface area contributed by atoms with Crippen LogP contribution in [0.4, 0.5) is 4.39 Å². The van der Waals surface area contributed by atoms with E-state index >= 15 is 0 Å². The van der Waals surface area contributed by atoms with Gasteiger partial charge in [-0.1, -0.05) is 0 Å². The van der Waals surface area contributed by atoms with Gasteiger partial charge in [0.2, 0.25) is 5.91 Å². The maximum absolute atomic E-state index is 13.5. The maximum atomic E-state index is 13.5.